The molecule has 0 unspecified atom stereocenters. The van der Waals surface area contributed by atoms with Gasteiger partial charge in [-0.2, -0.15) is 5.10 Å². The molecule has 3 N–H and O–H groups in total. The fourth-order valence-corrected chi connectivity index (χ4v) is 2.05. The molecule has 0 aliphatic rings. The molecule has 0 aliphatic carbocycles. The molecule has 0 fully saturated rings. The molecule has 0 radical (unpaired) electrons. The van der Waals surface area contributed by atoms with Crippen molar-refractivity contribution in [1.29, 1.82) is 0 Å². The molecule has 0 aromatic carbocycles. The Morgan fingerprint density at radius 2 is 2.04 bits per heavy atom. The minimum absolute atomic E-state index is 0.0627. The van der Waals surface area contributed by atoms with E-state index in [1.807, 2.05) is 25.5 Å². The van der Waals surface area contributed by atoms with E-state index in [9.17, 15) is 9.59 Å². The first-order valence-corrected chi connectivity index (χ1v) is 7.66. The predicted octanol–water partition coefficient (Wildman–Crippen LogP) is 1.66. The number of anilines is 1. The van der Waals surface area contributed by atoms with Crippen LogP contribution in [0.15, 0.2) is 18.5 Å². The Balaban J connectivity index is 1.93. The first-order chi connectivity index (χ1) is 11.0. The van der Waals surface area contributed by atoms with E-state index in [2.05, 4.69) is 26.0 Å². The van der Waals surface area contributed by atoms with Gasteiger partial charge in [-0.1, -0.05) is 6.92 Å². The van der Waals surface area contributed by atoms with E-state index in [0.717, 1.165) is 17.5 Å². The van der Waals surface area contributed by atoms with Crippen LogP contribution in [-0.4, -0.2) is 39.8 Å². The van der Waals surface area contributed by atoms with Crippen LogP contribution in [0.4, 0.5) is 10.5 Å². The molecular formula is C15H22N6O2. The quantitative estimate of drug-likeness (QED) is 0.754. The van der Waals surface area contributed by atoms with Gasteiger partial charge in [-0.3, -0.25) is 4.79 Å². The zero-order valence-electron chi connectivity index (χ0n) is 13.6. The maximum absolute atomic E-state index is 11.8. The molecule has 0 spiro atoms. The van der Waals surface area contributed by atoms with Crippen molar-refractivity contribution in [2.24, 2.45) is 0 Å². The molecular weight excluding hydrogens is 296 g/mol. The molecule has 3 amide bonds. The molecule has 8 heteroatoms. The number of pyridine rings is 1. The Bertz CT molecular complexity index is 694. The number of nitrogens with zero attached hydrogens (tertiary/aromatic N) is 3. The average molecular weight is 318 g/mol. The van der Waals surface area contributed by atoms with Gasteiger partial charge in [-0.25, -0.2) is 14.5 Å². The number of urea groups is 1. The summed E-state index contributed by atoms with van der Waals surface area (Å²) in [5.41, 5.74) is 1.32. The van der Waals surface area contributed by atoms with E-state index in [-0.39, 0.29) is 18.5 Å². The highest BCUT2D eigenvalue weighted by molar-refractivity contribution is 5.93. The van der Waals surface area contributed by atoms with Gasteiger partial charge in [0, 0.05) is 18.0 Å². The van der Waals surface area contributed by atoms with Crippen LogP contribution in [0, 0.1) is 0 Å². The molecule has 23 heavy (non-hydrogen) atoms. The monoisotopic (exact) mass is 318 g/mol. The number of hydrogen-bond donors (Lipinski definition) is 3. The van der Waals surface area contributed by atoms with E-state index in [0.29, 0.717) is 12.2 Å². The van der Waals surface area contributed by atoms with Crippen molar-refractivity contribution in [2.75, 3.05) is 18.4 Å². The fourth-order valence-electron chi connectivity index (χ4n) is 2.05. The highest BCUT2D eigenvalue weighted by atomic mass is 16.2. The molecule has 2 aromatic heterocycles. The molecule has 2 rings (SSSR count). The molecule has 0 saturated carbocycles. The molecule has 0 atom stereocenters. The summed E-state index contributed by atoms with van der Waals surface area (Å²) >= 11 is 0. The van der Waals surface area contributed by atoms with Crippen LogP contribution in [0.25, 0.3) is 11.0 Å². The number of aromatic nitrogens is 3. The highest BCUT2D eigenvalue weighted by Crippen LogP contribution is 2.18. The molecule has 0 bridgehead atoms. The summed E-state index contributed by atoms with van der Waals surface area (Å²) in [6, 6.07) is 1.56. The first-order valence-electron chi connectivity index (χ1n) is 7.66. The van der Waals surface area contributed by atoms with Crippen molar-refractivity contribution in [2.45, 2.75) is 33.2 Å². The van der Waals surface area contributed by atoms with Gasteiger partial charge in [0.1, 0.15) is 0 Å². The van der Waals surface area contributed by atoms with E-state index in [4.69, 9.17) is 0 Å². The number of fused-ring (bicyclic) bond motifs is 1. The van der Waals surface area contributed by atoms with E-state index in [1.54, 1.807) is 18.5 Å². The maximum atomic E-state index is 11.8. The smallest absolute Gasteiger partial charge is 0.319 e. The van der Waals surface area contributed by atoms with Crippen LogP contribution in [-0.2, 0) is 4.79 Å². The van der Waals surface area contributed by atoms with Crippen molar-refractivity contribution in [1.82, 2.24) is 25.4 Å². The molecule has 2 heterocycles. The second kappa shape index (κ2) is 7.57. The Morgan fingerprint density at radius 3 is 2.74 bits per heavy atom. The summed E-state index contributed by atoms with van der Waals surface area (Å²) in [6.45, 7) is 6.55. The predicted molar refractivity (Wildman–Crippen MR) is 88.2 cm³/mol. The second-order valence-corrected chi connectivity index (χ2v) is 5.48. The van der Waals surface area contributed by atoms with Crippen molar-refractivity contribution in [3.05, 3.63) is 18.5 Å². The fraction of sp³-hybridized carbons (Fsp3) is 0.467. The lowest BCUT2D eigenvalue weighted by Crippen LogP contribution is -2.39. The summed E-state index contributed by atoms with van der Waals surface area (Å²) in [5, 5.41) is 13.0. The minimum Gasteiger partial charge on any atom is -0.355 e. The number of nitrogens with one attached hydrogen (secondary N) is 3. The van der Waals surface area contributed by atoms with Gasteiger partial charge in [0.25, 0.3) is 0 Å². The van der Waals surface area contributed by atoms with Gasteiger partial charge in [0.15, 0.2) is 5.65 Å². The first kappa shape index (κ1) is 16.7. The van der Waals surface area contributed by atoms with Crippen molar-refractivity contribution in [3.8, 4) is 0 Å². The lowest BCUT2D eigenvalue weighted by molar-refractivity contribution is -0.120. The van der Waals surface area contributed by atoms with Crippen molar-refractivity contribution in [3.63, 3.8) is 0 Å². The van der Waals surface area contributed by atoms with Gasteiger partial charge in [-0.05, 0) is 26.3 Å². The lowest BCUT2D eigenvalue weighted by atomic mass is 10.3. The number of carbonyl (C=O) groups excluding carboxylic acids is 2. The number of carbonyl (C=O) groups is 2. The van der Waals surface area contributed by atoms with E-state index < -0.39 is 6.03 Å². The Labute approximate surface area is 134 Å². The Hall–Kier alpha value is -2.64. The van der Waals surface area contributed by atoms with Gasteiger partial charge in [-0.15, -0.1) is 0 Å². The number of amides is 3. The molecule has 0 saturated heterocycles. The molecule has 8 nitrogen and oxygen atoms in total. The molecule has 2 aromatic rings. The number of rotatable bonds is 6. The highest BCUT2D eigenvalue weighted by Gasteiger charge is 2.09. The largest absolute Gasteiger partial charge is 0.355 e. The van der Waals surface area contributed by atoms with Crippen molar-refractivity contribution < 1.29 is 9.59 Å². The third kappa shape index (κ3) is 4.41. The third-order valence-corrected chi connectivity index (χ3v) is 3.16. The van der Waals surface area contributed by atoms with Gasteiger partial charge < -0.3 is 16.0 Å². The third-order valence-electron chi connectivity index (χ3n) is 3.16. The van der Waals surface area contributed by atoms with E-state index in [1.165, 1.54) is 0 Å². The SMILES string of the molecule is CCCNC(=O)CNC(=O)Nc1cnc2c(cnn2C(C)C)c1. The van der Waals surface area contributed by atoms with Gasteiger partial charge in [0.05, 0.1) is 24.6 Å². The zero-order chi connectivity index (χ0) is 16.8. The Morgan fingerprint density at radius 1 is 1.26 bits per heavy atom. The van der Waals surface area contributed by atoms with Crippen LogP contribution < -0.4 is 16.0 Å². The Kier molecular flexibility index (Phi) is 5.51. The average Bonchev–Trinajstić information content (AvgIpc) is 2.94. The topological polar surface area (TPSA) is 101 Å². The summed E-state index contributed by atoms with van der Waals surface area (Å²) in [4.78, 5) is 27.5. The van der Waals surface area contributed by atoms with E-state index >= 15 is 0 Å². The standard InChI is InChI=1S/C15H22N6O2/c1-4-5-16-13(22)9-18-15(23)20-12-6-11-7-19-21(10(2)3)14(11)17-8-12/h6-8,10H,4-5,9H2,1-3H3,(H,16,22)(H2,18,20,23). The van der Waals surface area contributed by atoms with Gasteiger partial charge in [0.2, 0.25) is 5.91 Å². The summed E-state index contributed by atoms with van der Waals surface area (Å²) in [5.74, 6) is -0.214. The van der Waals surface area contributed by atoms with Crippen LogP contribution in [0.1, 0.15) is 33.2 Å². The molecule has 0 aliphatic heterocycles. The van der Waals surface area contributed by atoms with Crippen LogP contribution >= 0.6 is 0 Å². The lowest BCUT2D eigenvalue weighted by Gasteiger charge is -2.09. The molecule has 124 valence electrons. The zero-order valence-corrected chi connectivity index (χ0v) is 13.6. The summed E-state index contributed by atoms with van der Waals surface area (Å²) < 4.78 is 1.82. The van der Waals surface area contributed by atoms with Crippen molar-refractivity contribution >= 4 is 28.7 Å². The van der Waals surface area contributed by atoms with Crippen LogP contribution in [0.2, 0.25) is 0 Å². The van der Waals surface area contributed by atoms with Crippen LogP contribution in [0.5, 0.6) is 0 Å². The number of hydrogen-bond acceptors (Lipinski definition) is 4. The summed E-state index contributed by atoms with van der Waals surface area (Å²) in [6.07, 6.45) is 4.14. The maximum Gasteiger partial charge on any atom is 0.319 e. The summed E-state index contributed by atoms with van der Waals surface area (Å²) in [7, 11) is 0. The second-order valence-electron chi connectivity index (χ2n) is 5.48. The van der Waals surface area contributed by atoms with Gasteiger partial charge >= 0.3 is 6.03 Å². The normalized spacial score (nSPS) is 10.8. The van der Waals surface area contributed by atoms with Crippen LogP contribution in [0.3, 0.4) is 0 Å². The minimum atomic E-state index is -0.450.